The maximum Gasteiger partial charge on any atom is 0.230 e. The molecule has 29 heavy (non-hydrogen) atoms. The van der Waals surface area contributed by atoms with Gasteiger partial charge in [0.05, 0.1) is 5.75 Å². The van der Waals surface area contributed by atoms with Crippen molar-refractivity contribution in [3.8, 4) is 11.4 Å². The summed E-state index contributed by atoms with van der Waals surface area (Å²) in [4.78, 5) is 15.5. The van der Waals surface area contributed by atoms with Crippen molar-refractivity contribution in [2.45, 2.75) is 11.6 Å². The van der Waals surface area contributed by atoms with Gasteiger partial charge in [0.2, 0.25) is 11.1 Å². The van der Waals surface area contributed by atoms with Gasteiger partial charge < -0.3 is 16.1 Å². The summed E-state index contributed by atoms with van der Waals surface area (Å²) in [6.07, 6.45) is 2.76. The molecule has 0 saturated heterocycles. The van der Waals surface area contributed by atoms with Crippen LogP contribution in [0, 0.1) is 0 Å². The van der Waals surface area contributed by atoms with Gasteiger partial charge in [-0.25, -0.2) is 4.68 Å². The highest BCUT2D eigenvalue weighted by atomic mass is 79.9. The van der Waals surface area contributed by atoms with Gasteiger partial charge in [0.25, 0.3) is 0 Å². The van der Waals surface area contributed by atoms with E-state index < -0.39 is 0 Å². The number of hydrogen-bond acceptors (Lipinski definition) is 5. The van der Waals surface area contributed by atoms with Crippen molar-refractivity contribution < 1.29 is 4.79 Å². The molecular weight excluding hydrogens is 452 g/mol. The molecule has 0 radical (unpaired) electrons. The Hall–Kier alpha value is -2.78. The highest BCUT2D eigenvalue weighted by molar-refractivity contribution is 9.10. The molecule has 0 unspecified atom stereocenters. The maximum atomic E-state index is 12.2. The fourth-order valence-electron chi connectivity index (χ4n) is 3.06. The summed E-state index contributed by atoms with van der Waals surface area (Å²) in [5.74, 6) is 6.82. The summed E-state index contributed by atoms with van der Waals surface area (Å²) < 4.78 is 2.29. The second-order valence-electron chi connectivity index (χ2n) is 6.40. The van der Waals surface area contributed by atoms with Gasteiger partial charge in [-0.15, -0.1) is 10.2 Å². The quantitative estimate of drug-likeness (QED) is 0.284. The number of amides is 1. The first-order chi connectivity index (χ1) is 14.1. The molecule has 0 aliphatic rings. The van der Waals surface area contributed by atoms with Gasteiger partial charge in [0.1, 0.15) is 0 Å². The topological polar surface area (TPSA) is 102 Å². The monoisotopic (exact) mass is 470 g/mol. The van der Waals surface area contributed by atoms with Crippen molar-refractivity contribution in [2.75, 3.05) is 18.1 Å². The van der Waals surface area contributed by atoms with E-state index in [2.05, 4.69) is 42.5 Å². The molecule has 4 rings (SSSR count). The number of carbonyl (C=O) groups excluding carboxylic acids is 1. The summed E-state index contributed by atoms with van der Waals surface area (Å²) >= 11 is 4.75. The zero-order valence-electron chi connectivity index (χ0n) is 15.4. The summed E-state index contributed by atoms with van der Waals surface area (Å²) in [7, 11) is 0. The van der Waals surface area contributed by atoms with Gasteiger partial charge in [-0.1, -0.05) is 58.0 Å². The van der Waals surface area contributed by atoms with Crippen LogP contribution in [0.25, 0.3) is 22.3 Å². The number of fused-ring (bicyclic) bond motifs is 1. The third kappa shape index (κ3) is 4.30. The van der Waals surface area contributed by atoms with Crippen molar-refractivity contribution in [2.24, 2.45) is 0 Å². The molecule has 4 aromatic rings. The molecule has 7 nitrogen and oxygen atoms in total. The lowest BCUT2D eigenvalue weighted by molar-refractivity contribution is -0.118. The molecule has 0 aliphatic heterocycles. The van der Waals surface area contributed by atoms with E-state index in [1.54, 1.807) is 0 Å². The molecule has 2 aromatic heterocycles. The largest absolute Gasteiger partial charge is 0.361 e. The minimum absolute atomic E-state index is 0.0692. The third-order valence-electron chi connectivity index (χ3n) is 4.50. The smallest absolute Gasteiger partial charge is 0.230 e. The van der Waals surface area contributed by atoms with E-state index >= 15 is 0 Å². The molecular formula is C20H19BrN6OS. The van der Waals surface area contributed by atoms with E-state index in [-0.39, 0.29) is 11.7 Å². The number of para-hydroxylation sites is 1. The zero-order chi connectivity index (χ0) is 20.2. The second kappa shape index (κ2) is 8.71. The van der Waals surface area contributed by atoms with E-state index in [4.69, 9.17) is 5.84 Å². The van der Waals surface area contributed by atoms with Crippen LogP contribution in [-0.4, -0.2) is 38.1 Å². The summed E-state index contributed by atoms with van der Waals surface area (Å²) in [6.45, 7) is 0.568. The van der Waals surface area contributed by atoms with Crippen LogP contribution in [0.15, 0.2) is 64.4 Å². The zero-order valence-corrected chi connectivity index (χ0v) is 17.8. The maximum absolute atomic E-state index is 12.2. The Bertz CT molecular complexity index is 1150. The van der Waals surface area contributed by atoms with E-state index in [1.807, 2.05) is 48.7 Å². The number of nitrogen functional groups attached to an aromatic ring is 1. The van der Waals surface area contributed by atoms with Gasteiger partial charge in [-0.05, 0) is 30.2 Å². The fourth-order valence-corrected chi connectivity index (χ4v) is 4.21. The average molecular weight is 471 g/mol. The number of nitrogens with zero attached hydrogens (tertiary/aromatic N) is 3. The predicted molar refractivity (Wildman–Crippen MR) is 119 cm³/mol. The first kappa shape index (κ1) is 19.5. The lowest BCUT2D eigenvalue weighted by Crippen LogP contribution is -2.27. The van der Waals surface area contributed by atoms with Crippen molar-refractivity contribution in [3.05, 3.63) is 64.8 Å². The number of nitrogens with two attached hydrogens (primary N) is 1. The minimum atomic E-state index is -0.0692. The molecule has 0 spiro atoms. The molecule has 0 bridgehead atoms. The molecule has 148 valence electrons. The van der Waals surface area contributed by atoms with Gasteiger partial charge in [0.15, 0.2) is 5.82 Å². The predicted octanol–water partition coefficient (Wildman–Crippen LogP) is 3.35. The molecule has 0 fully saturated rings. The van der Waals surface area contributed by atoms with E-state index in [9.17, 15) is 4.79 Å². The average Bonchev–Trinajstić information content (AvgIpc) is 3.31. The lowest BCUT2D eigenvalue weighted by atomic mass is 10.1. The van der Waals surface area contributed by atoms with Crippen LogP contribution in [0.2, 0.25) is 0 Å². The number of H-pyrrole nitrogens is 1. The van der Waals surface area contributed by atoms with Gasteiger partial charge in [-0.3, -0.25) is 4.79 Å². The van der Waals surface area contributed by atoms with Gasteiger partial charge >= 0.3 is 0 Å². The summed E-state index contributed by atoms with van der Waals surface area (Å²) in [6, 6.07) is 15.8. The number of halogens is 1. The molecule has 4 N–H and O–H groups in total. The molecule has 2 heterocycles. The number of carbonyl (C=O) groups is 1. The number of nitrogens with one attached hydrogen (secondary N) is 2. The van der Waals surface area contributed by atoms with E-state index in [1.165, 1.54) is 27.4 Å². The van der Waals surface area contributed by atoms with Crippen molar-refractivity contribution in [1.29, 1.82) is 0 Å². The first-order valence-electron chi connectivity index (χ1n) is 9.03. The Morgan fingerprint density at radius 2 is 1.97 bits per heavy atom. The van der Waals surface area contributed by atoms with Crippen LogP contribution in [0.4, 0.5) is 0 Å². The van der Waals surface area contributed by atoms with Crippen LogP contribution < -0.4 is 11.2 Å². The number of aromatic nitrogens is 4. The molecule has 0 aliphatic carbocycles. The number of rotatable bonds is 7. The molecule has 2 aromatic carbocycles. The van der Waals surface area contributed by atoms with Crippen molar-refractivity contribution in [3.63, 3.8) is 0 Å². The number of aromatic amines is 1. The summed E-state index contributed by atoms with van der Waals surface area (Å²) in [5, 5.41) is 12.9. The standard InChI is InChI=1S/C20H19BrN6OS/c21-16-7-3-1-6-15(16)19-25-26-20(27(19)22)29-12-18(28)23-10-9-13-11-24-17-8-4-2-5-14(13)17/h1-8,11,24H,9-10,12,22H2,(H,23,28). The SMILES string of the molecule is Nn1c(SCC(=O)NCCc2c[nH]c3ccccc23)nnc1-c1ccccc1Br. The normalized spacial score (nSPS) is 11.1. The van der Waals surface area contributed by atoms with Crippen LogP contribution in [0.1, 0.15) is 5.56 Å². The van der Waals surface area contributed by atoms with Crippen molar-refractivity contribution >= 4 is 44.5 Å². The van der Waals surface area contributed by atoms with Crippen LogP contribution in [0.5, 0.6) is 0 Å². The number of thioether (sulfide) groups is 1. The Balaban J connectivity index is 1.30. The molecule has 1 amide bonds. The Labute approximate surface area is 180 Å². The Kier molecular flexibility index (Phi) is 5.86. The van der Waals surface area contributed by atoms with E-state index in [0.717, 1.165) is 22.0 Å². The van der Waals surface area contributed by atoms with Crippen LogP contribution >= 0.6 is 27.7 Å². The lowest BCUT2D eigenvalue weighted by Gasteiger charge is -2.06. The van der Waals surface area contributed by atoms with Crippen molar-refractivity contribution in [1.82, 2.24) is 25.2 Å². The Morgan fingerprint density at radius 1 is 1.17 bits per heavy atom. The second-order valence-corrected chi connectivity index (χ2v) is 8.20. The third-order valence-corrected chi connectivity index (χ3v) is 6.14. The fraction of sp³-hybridized carbons (Fsp3) is 0.150. The van der Waals surface area contributed by atoms with Crippen LogP contribution in [-0.2, 0) is 11.2 Å². The molecule has 0 saturated carbocycles. The van der Waals surface area contributed by atoms with Gasteiger partial charge in [-0.2, -0.15) is 0 Å². The first-order valence-corrected chi connectivity index (χ1v) is 10.8. The number of benzene rings is 2. The minimum Gasteiger partial charge on any atom is -0.361 e. The Morgan fingerprint density at radius 3 is 2.83 bits per heavy atom. The molecule has 0 atom stereocenters. The van der Waals surface area contributed by atoms with Crippen LogP contribution in [0.3, 0.4) is 0 Å². The highest BCUT2D eigenvalue weighted by Gasteiger charge is 2.15. The van der Waals surface area contributed by atoms with Gasteiger partial charge in [0, 0.05) is 33.7 Å². The van der Waals surface area contributed by atoms with E-state index in [0.29, 0.717) is 17.5 Å². The number of hydrogen-bond donors (Lipinski definition) is 3. The molecule has 9 heteroatoms. The highest BCUT2D eigenvalue weighted by Crippen LogP contribution is 2.27. The summed E-state index contributed by atoms with van der Waals surface area (Å²) in [5.41, 5.74) is 3.14.